The van der Waals surface area contributed by atoms with Crippen LogP contribution in [-0.4, -0.2) is 72.1 Å². The average molecular weight is 532 g/mol. The maximum absolute atomic E-state index is 12.9. The first-order valence-electron chi connectivity index (χ1n) is 10.4. The number of nitrogens with one attached hydrogen (secondary N) is 3. The molecule has 16 heteroatoms. The van der Waals surface area contributed by atoms with Crippen LogP contribution >= 0.6 is 0 Å². The summed E-state index contributed by atoms with van der Waals surface area (Å²) in [6.07, 6.45) is -2.97. The van der Waals surface area contributed by atoms with Crippen LogP contribution in [0.3, 0.4) is 0 Å². The van der Waals surface area contributed by atoms with E-state index in [1.807, 2.05) is 0 Å². The van der Waals surface area contributed by atoms with Crippen LogP contribution in [0.25, 0.3) is 0 Å². The Balaban J connectivity index is 1.90. The van der Waals surface area contributed by atoms with E-state index in [0.717, 1.165) is 18.4 Å². The molecule has 196 valence electrons. The fourth-order valence-corrected chi connectivity index (χ4v) is 3.97. The molecule has 1 aliphatic heterocycles. The van der Waals surface area contributed by atoms with Gasteiger partial charge in [0.1, 0.15) is 24.5 Å². The number of hydrogen-bond acceptors (Lipinski definition) is 10. The lowest BCUT2D eigenvalue weighted by Crippen LogP contribution is -2.41. The van der Waals surface area contributed by atoms with Crippen molar-refractivity contribution < 1.29 is 36.2 Å². The monoisotopic (exact) mass is 531 g/mol. The molecule has 0 saturated heterocycles. The highest BCUT2D eigenvalue weighted by Crippen LogP contribution is 2.27. The molecule has 0 spiro atoms. The van der Waals surface area contributed by atoms with Crippen molar-refractivity contribution in [2.24, 2.45) is 4.99 Å². The number of aliphatic imine (C=N–C) groups is 1. The van der Waals surface area contributed by atoms with Gasteiger partial charge in [-0.3, -0.25) is 10.1 Å². The van der Waals surface area contributed by atoms with E-state index in [1.54, 1.807) is 20.9 Å². The first-order chi connectivity index (χ1) is 16.7. The van der Waals surface area contributed by atoms with Crippen LogP contribution in [0.2, 0.25) is 0 Å². The zero-order valence-corrected chi connectivity index (χ0v) is 20.3. The van der Waals surface area contributed by atoms with Crippen LogP contribution < -0.4 is 20.7 Å². The number of benzene rings is 1. The molecule has 3 atom stereocenters. The minimum absolute atomic E-state index is 0.219. The summed E-state index contributed by atoms with van der Waals surface area (Å²) in [6, 6.07) is 1.56. The van der Waals surface area contributed by atoms with Crippen LogP contribution in [0.4, 0.5) is 13.2 Å². The molecular formula is C20H24F3N7O5S. The number of alkyl halides is 3. The normalized spacial score (nSPS) is 17.9. The van der Waals surface area contributed by atoms with Crippen molar-refractivity contribution in [1.29, 1.82) is 0 Å². The number of aliphatic hydroxyl groups is 1. The number of ether oxygens (including phenoxy) is 1. The number of allylic oxidation sites excluding steroid dienone is 1. The highest BCUT2D eigenvalue weighted by Gasteiger charge is 2.32. The highest BCUT2D eigenvalue weighted by atomic mass is 32.2. The molecule has 1 aromatic carbocycles. The second-order valence-corrected chi connectivity index (χ2v) is 9.85. The predicted molar refractivity (Wildman–Crippen MR) is 121 cm³/mol. The summed E-state index contributed by atoms with van der Waals surface area (Å²) in [5, 5.41) is 22.4. The molecule has 12 nitrogen and oxygen atoms in total. The van der Waals surface area contributed by atoms with E-state index < -0.39 is 51.2 Å². The van der Waals surface area contributed by atoms with Crippen molar-refractivity contribution in [2.75, 3.05) is 13.3 Å². The number of amides is 1. The Labute approximate surface area is 204 Å². The molecular weight excluding hydrogens is 507 g/mol. The molecule has 0 aliphatic carbocycles. The summed E-state index contributed by atoms with van der Waals surface area (Å²) in [5.41, 5.74) is 0.0465. The number of halogens is 3. The number of hydrogen-bond donors (Lipinski definition) is 4. The van der Waals surface area contributed by atoms with Gasteiger partial charge in [0, 0.05) is 17.9 Å². The van der Waals surface area contributed by atoms with Crippen molar-refractivity contribution in [2.45, 2.75) is 43.5 Å². The molecule has 0 fully saturated rings. The zero-order chi connectivity index (χ0) is 26.8. The average Bonchev–Trinajstić information content (AvgIpc) is 3.26. The Morgan fingerprint density at radius 2 is 2.00 bits per heavy atom. The van der Waals surface area contributed by atoms with Gasteiger partial charge in [0.2, 0.25) is 0 Å². The quantitative estimate of drug-likeness (QED) is 0.377. The summed E-state index contributed by atoms with van der Waals surface area (Å²) in [5.74, 6) is -1.21. The number of nitrogens with zero attached hydrogens (tertiary/aromatic N) is 4. The number of aromatic nitrogens is 3. The number of likely N-dealkylation sites (N-methyl/N-ethyl adjacent to an activating group) is 1. The van der Waals surface area contributed by atoms with Crippen molar-refractivity contribution in [1.82, 2.24) is 30.7 Å². The maximum atomic E-state index is 12.9. The number of carbonyl (C=O) groups is 1. The Kier molecular flexibility index (Phi) is 7.70. The topological polar surface area (TPSA) is 160 Å². The number of rotatable bonds is 7. The van der Waals surface area contributed by atoms with Gasteiger partial charge in [-0.05, 0) is 39.1 Å². The lowest BCUT2D eigenvalue weighted by Gasteiger charge is -2.25. The van der Waals surface area contributed by atoms with Gasteiger partial charge < -0.3 is 20.5 Å². The molecule has 1 aliphatic rings. The van der Waals surface area contributed by atoms with E-state index in [9.17, 15) is 31.5 Å². The second-order valence-electron chi connectivity index (χ2n) is 7.84. The maximum Gasteiger partial charge on any atom is 0.573 e. The van der Waals surface area contributed by atoms with Crippen molar-refractivity contribution in [3.05, 3.63) is 47.7 Å². The second kappa shape index (κ2) is 10.2. The lowest BCUT2D eigenvalue weighted by molar-refractivity contribution is -0.274. The first-order valence-corrected chi connectivity index (χ1v) is 12.3. The van der Waals surface area contributed by atoms with E-state index in [0.29, 0.717) is 17.6 Å². The molecule has 3 rings (SSSR count). The first kappa shape index (κ1) is 27.1. The fourth-order valence-electron chi connectivity index (χ4n) is 3.30. The van der Waals surface area contributed by atoms with Crippen LogP contribution in [0, 0.1) is 0 Å². The van der Waals surface area contributed by atoms with Gasteiger partial charge in [-0.2, -0.15) is 9.78 Å². The van der Waals surface area contributed by atoms with Crippen LogP contribution in [-0.2, 0) is 9.84 Å². The van der Waals surface area contributed by atoms with Gasteiger partial charge in [-0.15, -0.1) is 13.2 Å². The highest BCUT2D eigenvalue weighted by molar-refractivity contribution is 7.90. The predicted octanol–water partition coefficient (Wildman–Crippen LogP) is 0.689. The third-order valence-electron chi connectivity index (χ3n) is 4.88. The summed E-state index contributed by atoms with van der Waals surface area (Å²) < 4.78 is 67.2. The van der Waals surface area contributed by atoms with E-state index in [-0.39, 0.29) is 11.4 Å². The molecule has 4 N–H and O–H groups in total. The molecule has 1 aromatic heterocycles. The molecule has 2 heterocycles. The summed E-state index contributed by atoms with van der Waals surface area (Å²) in [7, 11) is -2.40. The van der Waals surface area contributed by atoms with Crippen LogP contribution in [0.1, 0.15) is 36.1 Å². The Morgan fingerprint density at radius 1 is 1.31 bits per heavy atom. The minimum Gasteiger partial charge on any atom is -0.406 e. The van der Waals surface area contributed by atoms with E-state index >= 15 is 0 Å². The van der Waals surface area contributed by atoms with Crippen LogP contribution in [0.5, 0.6) is 5.75 Å². The van der Waals surface area contributed by atoms with E-state index in [2.05, 4.69) is 35.8 Å². The third-order valence-corrected chi connectivity index (χ3v) is 5.98. The molecule has 1 amide bonds. The van der Waals surface area contributed by atoms with Gasteiger partial charge >= 0.3 is 6.36 Å². The third kappa shape index (κ3) is 6.58. The van der Waals surface area contributed by atoms with Crippen molar-refractivity contribution in [3.63, 3.8) is 0 Å². The standard InChI is InChI=1S/C20H24F3N7O5S/c1-10(17-25-9-26-30(17)16-8-15(19(32)24-3)28-11(2)29-16)27-18(31)12-5-13(35-20(21,22)23)7-14(6-12)36(4,33)34/h5-11,19,24,28,32H,1-4H3,(H,27,31)/t10-,11?,19?/m0/s1. The van der Waals surface area contributed by atoms with Gasteiger partial charge in [-0.1, -0.05) is 0 Å². The van der Waals surface area contributed by atoms with Gasteiger partial charge in [0.05, 0.1) is 16.6 Å². The van der Waals surface area contributed by atoms with Gasteiger partial charge in [0.15, 0.2) is 21.5 Å². The molecule has 0 saturated carbocycles. The Morgan fingerprint density at radius 3 is 2.61 bits per heavy atom. The molecule has 0 bridgehead atoms. The summed E-state index contributed by atoms with van der Waals surface area (Å²) in [4.78, 5) is 20.9. The van der Waals surface area contributed by atoms with Crippen LogP contribution in [0.15, 0.2) is 46.2 Å². The van der Waals surface area contributed by atoms with E-state index in [1.165, 1.54) is 17.1 Å². The van der Waals surface area contributed by atoms with Crippen molar-refractivity contribution >= 4 is 21.6 Å². The summed E-state index contributed by atoms with van der Waals surface area (Å²) in [6.45, 7) is 3.29. The minimum atomic E-state index is -5.09. The lowest BCUT2D eigenvalue weighted by atomic mass is 10.2. The zero-order valence-electron chi connectivity index (χ0n) is 19.5. The Bertz CT molecular complexity index is 1310. The fraction of sp³-hybridized carbons (Fsp3) is 0.400. The molecule has 36 heavy (non-hydrogen) atoms. The molecule has 2 unspecified atom stereocenters. The van der Waals surface area contributed by atoms with E-state index in [4.69, 9.17) is 0 Å². The Hall–Kier alpha value is -3.50. The largest absolute Gasteiger partial charge is 0.573 e. The van der Waals surface area contributed by atoms with Crippen molar-refractivity contribution in [3.8, 4) is 5.75 Å². The number of aliphatic hydroxyl groups excluding tert-OH is 1. The number of sulfone groups is 1. The molecule has 2 aromatic rings. The van der Waals surface area contributed by atoms with Gasteiger partial charge in [0.25, 0.3) is 5.91 Å². The smallest absolute Gasteiger partial charge is 0.406 e. The summed E-state index contributed by atoms with van der Waals surface area (Å²) >= 11 is 0. The SMILES string of the molecule is CNC(O)C1=CC(n2ncnc2[C@H](C)NC(=O)c2cc(OC(F)(F)F)cc(S(C)(=O)=O)c2)=NC(C)N1. The molecule has 0 radical (unpaired) electrons. The van der Waals surface area contributed by atoms with Gasteiger partial charge in [-0.25, -0.2) is 18.4 Å². The number of carbonyl (C=O) groups excluding carboxylic acids is 1.